The summed E-state index contributed by atoms with van der Waals surface area (Å²) >= 11 is 0. The summed E-state index contributed by atoms with van der Waals surface area (Å²) < 4.78 is 0. The van der Waals surface area contributed by atoms with Crippen LogP contribution in [0.15, 0.2) is 18.3 Å². The molecule has 0 bridgehead atoms. The first-order valence-electron chi connectivity index (χ1n) is 3.34. The first-order valence-corrected chi connectivity index (χ1v) is 3.34. The molecule has 0 aliphatic rings. The molecule has 1 rings (SSSR count). The van der Waals surface area contributed by atoms with Gasteiger partial charge >= 0.3 is 0 Å². The topological polar surface area (TPSA) is 62.0 Å². The molecule has 0 saturated carbocycles. The zero-order valence-corrected chi connectivity index (χ0v) is 5.75. The highest BCUT2D eigenvalue weighted by Crippen LogP contribution is 2.09. The van der Waals surface area contributed by atoms with Crippen LogP contribution in [0.25, 0.3) is 0 Å². The second-order valence-electron chi connectivity index (χ2n) is 2.24. The van der Waals surface area contributed by atoms with Crippen molar-refractivity contribution < 1.29 is 5.11 Å². The van der Waals surface area contributed by atoms with Gasteiger partial charge in [0.2, 0.25) is 0 Å². The Morgan fingerprint density at radius 1 is 1.70 bits per heavy atom. The molecular weight excluding hydrogens is 128 g/mol. The largest absolute Gasteiger partial charge is 0.396 e. The smallest absolute Gasteiger partial charge is 0.0469 e. The molecule has 1 aromatic rings. The minimum absolute atomic E-state index is 0.0556. The summed E-state index contributed by atoms with van der Waals surface area (Å²) in [6, 6.07) is 3.76. The van der Waals surface area contributed by atoms with E-state index in [0.29, 0.717) is 6.42 Å². The zero-order valence-electron chi connectivity index (χ0n) is 5.75. The number of aromatic amines is 1. The van der Waals surface area contributed by atoms with Gasteiger partial charge in [-0.15, -0.1) is 0 Å². The third-order valence-corrected chi connectivity index (χ3v) is 1.46. The van der Waals surface area contributed by atoms with Gasteiger partial charge in [-0.3, -0.25) is 0 Å². The number of hydrogen-bond acceptors (Lipinski definition) is 2. The quantitative estimate of drug-likeness (QED) is 0.569. The molecule has 3 heteroatoms. The van der Waals surface area contributed by atoms with E-state index in [1.807, 2.05) is 18.3 Å². The Hall–Kier alpha value is -0.800. The highest BCUT2D eigenvalue weighted by atomic mass is 16.3. The van der Waals surface area contributed by atoms with Gasteiger partial charge in [0.05, 0.1) is 0 Å². The van der Waals surface area contributed by atoms with Crippen molar-refractivity contribution in [2.24, 2.45) is 5.73 Å². The Morgan fingerprint density at radius 3 is 3.00 bits per heavy atom. The molecule has 0 aliphatic carbocycles. The fourth-order valence-corrected chi connectivity index (χ4v) is 0.869. The molecule has 56 valence electrons. The van der Waals surface area contributed by atoms with Crippen LogP contribution >= 0.6 is 0 Å². The molecule has 1 aromatic heterocycles. The van der Waals surface area contributed by atoms with Crippen LogP contribution in [0.2, 0.25) is 0 Å². The second kappa shape index (κ2) is 3.39. The summed E-state index contributed by atoms with van der Waals surface area (Å²) in [6.07, 6.45) is 2.44. The number of rotatable bonds is 3. The van der Waals surface area contributed by atoms with Crippen molar-refractivity contribution >= 4 is 0 Å². The minimum atomic E-state index is -0.0556. The predicted octanol–water partition coefficient (Wildman–Crippen LogP) is 0.397. The average molecular weight is 140 g/mol. The molecule has 0 amide bonds. The Balaban J connectivity index is 2.50. The van der Waals surface area contributed by atoms with Crippen molar-refractivity contribution in [3.63, 3.8) is 0 Å². The van der Waals surface area contributed by atoms with Gasteiger partial charge in [0, 0.05) is 24.5 Å². The van der Waals surface area contributed by atoms with Crippen molar-refractivity contribution in [3.05, 3.63) is 24.0 Å². The first kappa shape index (κ1) is 7.31. The van der Waals surface area contributed by atoms with E-state index in [-0.39, 0.29) is 12.6 Å². The van der Waals surface area contributed by atoms with Gasteiger partial charge in [-0.25, -0.2) is 0 Å². The van der Waals surface area contributed by atoms with E-state index in [4.69, 9.17) is 10.8 Å². The zero-order chi connectivity index (χ0) is 7.40. The van der Waals surface area contributed by atoms with E-state index >= 15 is 0 Å². The van der Waals surface area contributed by atoms with Crippen LogP contribution in [0.3, 0.4) is 0 Å². The van der Waals surface area contributed by atoms with E-state index in [0.717, 1.165) is 5.69 Å². The maximum atomic E-state index is 8.54. The van der Waals surface area contributed by atoms with Gasteiger partial charge in [0.15, 0.2) is 0 Å². The van der Waals surface area contributed by atoms with Gasteiger partial charge in [-0.2, -0.15) is 0 Å². The van der Waals surface area contributed by atoms with Crippen LogP contribution in [0.4, 0.5) is 0 Å². The summed E-state index contributed by atoms with van der Waals surface area (Å²) in [7, 11) is 0. The molecular formula is C7H12N2O. The van der Waals surface area contributed by atoms with E-state index in [9.17, 15) is 0 Å². The van der Waals surface area contributed by atoms with Gasteiger partial charge in [0.1, 0.15) is 0 Å². The Kier molecular flexibility index (Phi) is 2.48. The molecule has 10 heavy (non-hydrogen) atoms. The van der Waals surface area contributed by atoms with E-state index in [2.05, 4.69) is 4.98 Å². The molecule has 0 spiro atoms. The van der Waals surface area contributed by atoms with E-state index in [1.54, 1.807) is 0 Å². The van der Waals surface area contributed by atoms with Crippen LogP contribution in [0.5, 0.6) is 0 Å². The Bertz CT molecular complexity index is 172. The third-order valence-electron chi connectivity index (χ3n) is 1.46. The molecule has 3 nitrogen and oxygen atoms in total. The van der Waals surface area contributed by atoms with Gasteiger partial charge < -0.3 is 15.8 Å². The van der Waals surface area contributed by atoms with Crippen molar-refractivity contribution in [2.45, 2.75) is 12.5 Å². The summed E-state index contributed by atoms with van der Waals surface area (Å²) in [5.41, 5.74) is 6.64. The molecule has 0 aliphatic heterocycles. The third kappa shape index (κ3) is 1.59. The lowest BCUT2D eigenvalue weighted by Crippen LogP contribution is -2.11. The highest BCUT2D eigenvalue weighted by Gasteiger charge is 2.03. The Morgan fingerprint density at radius 2 is 2.50 bits per heavy atom. The normalized spacial score (nSPS) is 13.4. The van der Waals surface area contributed by atoms with Crippen LogP contribution in [-0.2, 0) is 0 Å². The molecule has 1 unspecified atom stereocenters. The van der Waals surface area contributed by atoms with Gasteiger partial charge in [-0.1, -0.05) is 0 Å². The van der Waals surface area contributed by atoms with E-state index < -0.39 is 0 Å². The molecule has 0 radical (unpaired) electrons. The molecule has 1 heterocycles. The number of hydrogen-bond donors (Lipinski definition) is 3. The molecule has 0 fully saturated rings. The van der Waals surface area contributed by atoms with Gasteiger partial charge in [-0.05, 0) is 18.6 Å². The standard InChI is InChI=1S/C7H12N2O/c8-6(3-5-10)7-2-1-4-9-7/h1-2,4,6,9-10H,3,5,8H2. The van der Waals surface area contributed by atoms with Crippen LogP contribution < -0.4 is 5.73 Å². The maximum absolute atomic E-state index is 8.54. The molecule has 4 N–H and O–H groups in total. The van der Waals surface area contributed by atoms with Crippen molar-refractivity contribution in [1.82, 2.24) is 4.98 Å². The number of nitrogens with one attached hydrogen (secondary N) is 1. The maximum Gasteiger partial charge on any atom is 0.0469 e. The summed E-state index contributed by atoms with van der Waals surface area (Å²) in [4.78, 5) is 2.99. The lowest BCUT2D eigenvalue weighted by Gasteiger charge is -2.05. The predicted molar refractivity (Wildman–Crippen MR) is 39.4 cm³/mol. The number of aliphatic hydroxyl groups excluding tert-OH is 1. The van der Waals surface area contributed by atoms with Gasteiger partial charge in [0.25, 0.3) is 0 Å². The fourth-order valence-electron chi connectivity index (χ4n) is 0.869. The summed E-state index contributed by atoms with van der Waals surface area (Å²) in [5.74, 6) is 0. The molecule has 1 atom stereocenters. The van der Waals surface area contributed by atoms with Crippen LogP contribution in [-0.4, -0.2) is 16.7 Å². The average Bonchev–Trinajstić information content (AvgIpc) is 2.38. The number of aromatic nitrogens is 1. The number of aliphatic hydroxyl groups is 1. The molecule has 0 aromatic carbocycles. The SMILES string of the molecule is NC(CCO)c1ccc[nH]1. The Labute approximate surface area is 59.9 Å². The lowest BCUT2D eigenvalue weighted by molar-refractivity contribution is 0.276. The van der Waals surface area contributed by atoms with Crippen molar-refractivity contribution in [3.8, 4) is 0 Å². The second-order valence-corrected chi connectivity index (χ2v) is 2.24. The lowest BCUT2D eigenvalue weighted by atomic mass is 10.2. The van der Waals surface area contributed by atoms with Crippen LogP contribution in [0, 0.1) is 0 Å². The fraction of sp³-hybridized carbons (Fsp3) is 0.429. The summed E-state index contributed by atoms with van der Waals surface area (Å²) in [5, 5.41) is 8.54. The number of H-pyrrole nitrogens is 1. The first-order chi connectivity index (χ1) is 4.84. The molecule has 0 saturated heterocycles. The monoisotopic (exact) mass is 140 g/mol. The minimum Gasteiger partial charge on any atom is -0.396 e. The van der Waals surface area contributed by atoms with Crippen molar-refractivity contribution in [2.75, 3.05) is 6.61 Å². The van der Waals surface area contributed by atoms with Crippen LogP contribution in [0.1, 0.15) is 18.2 Å². The van der Waals surface area contributed by atoms with Crippen molar-refractivity contribution in [1.29, 1.82) is 0 Å². The highest BCUT2D eigenvalue weighted by molar-refractivity contribution is 5.07. The number of nitrogens with two attached hydrogens (primary N) is 1. The summed E-state index contributed by atoms with van der Waals surface area (Å²) in [6.45, 7) is 0.139. The van der Waals surface area contributed by atoms with E-state index in [1.165, 1.54) is 0 Å².